The Balaban J connectivity index is 0.00000320. The van der Waals surface area contributed by atoms with Crippen molar-refractivity contribution >= 4 is 41.5 Å². The van der Waals surface area contributed by atoms with E-state index in [9.17, 15) is 0 Å². The molecule has 1 unspecified atom stereocenters. The van der Waals surface area contributed by atoms with E-state index in [1.807, 2.05) is 38.1 Å². The minimum atomic E-state index is -0.0724. The maximum atomic E-state index is 5.90. The maximum absolute atomic E-state index is 5.90. The van der Waals surface area contributed by atoms with E-state index >= 15 is 0 Å². The Morgan fingerprint density at radius 3 is 2.77 bits per heavy atom. The van der Waals surface area contributed by atoms with Crippen molar-refractivity contribution < 1.29 is 9.15 Å². The van der Waals surface area contributed by atoms with Crippen molar-refractivity contribution in [2.24, 2.45) is 4.99 Å². The monoisotopic (exact) mass is 544 g/mol. The second-order valence-electron chi connectivity index (χ2n) is 6.36. The van der Waals surface area contributed by atoms with Crippen LogP contribution in [0.3, 0.4) is 0 Å². The second kappa shape index (κ2) is 12.4. The van der Waals surface area contributed by atoms with Gasteiger partial charge in [0.2, 0.25) is 5.82 Å². The largest absolute Gasteiger partial charge is 0.489 e. The number of H-pyrrole nitrogens is 1. The van der Waals surface area contributed by atoms with Gasteiger partial charge in [0.1, 0.15) is 17.7 Å². The third-order valence-corrected chi connectivity index (χ3v) is 4.18. The average Bonchev–Trinajstić information content (AvgIpc) is 3.39. The first-order chi connectivity index (χ1) is 14.1. The fourth-order valence-electron chi connectivity index (χ4n) is 2.57. The van der Waals surface area contributed by atoms with Crippen molar-refractivity contribution in [3.05, 3.63) is 53.5 Å². The van der Waals surface area contributed by atoms with E-state index in [4.69, 9.17) is 20.8 Å². The van der Waals surface area contributed by atoms with Gasteiger partial charge in [0, 0.05) is 24.5 Å². The van der Waals surface area contributed by atoms with Gasteiger partial charge in [0.05, 0.1) is 12.8 Å². The van der Waals surface area contributed by atoms with E-state index in [1.54, 1.807) is 18.4 Å². The molecule has 0 aliphatic carbocycles. The predicted molar refractivity (Wildman–Crippen MR) is 129 cm³/mol. The molecule has 8 nitrogen and oxygen atoms in total. The predicted octanol–water partition coefficient (Wildman–Crippen LogP) is 3.90. The standard InChI is InChI=1S/C20H25ClN6O2.HI/c1-3-22-20(24-13-14(2)29-16-8-6-15(21)7-9-16)23-11-10-18-25-19(27-26-18)17-5-4-12-28-17;/h4-9,12,14H,3,10-11,13H2,1-2H3,(H2,22,23,24)(H,25,26,27);1H. The summed E-state index contributed by atoms with van der Waals surface area (Å²) in [7, 11) is 0. The number of aromatic nitrogens is 3. The smallest absolute Gasteiger partial charge is 0.216 e. The van der Waals surface area contributed by atoms with Gasteiger partial charge in [-0.3, -0.25) is 5.10 Å². The number of hydrogen-bond acceptors (Lipinski definition) is 5. The second-order valence-corrected chi connectivity index (χ2v) is 6.80. The Labute approximate surface area is 197 Å². The molecule has 3 rings (SSSR count). The summed E-state index contributed by atoms with van der Waals surface area (Å²) in [6.45, 7) is 5.94. The molecule has 0 amide bonds. The van der Waals surface area contributed by atoms with Crippen LogP contribution in [-0.2, 0) is 6.42 Å². The molecule has 162 valence electrons. The third-order valence-electron chi connectivity index (χ3n) is 3.93. The fourth-order valence-corrected chi connectivity index (χ4v) is 2.69. The van der Waals surface area contributed by atoms with Crippen LogP contribution in [0, 0.1) is 0 Å². The summed E-state index contributed by atoms with van der Waals surface area (Å²) in [6.07, 6.45) is 2.20. The summed E-state index contributed by atoms with van der Waals surface area (Å²) in [5.74, 6) is 3.47. The van der Waals surface area contributed by atoms with Crippen LogP contribution >= 0.6 is 35.6 Å². The molecule has 1 atom stereocenters. The Morgan fingerprint density at radius 1 is 1.27 bits per heavy atom. The molecular weight excluding hydrogens is 519 g/mol. The molecule has 2 aromatic heterocycles. The molecule has 0 saturated heterocycles. The van der Waals surface area contributed by atoms with Crippen molar-refractivity contribution in [3.63, 3.8) is 0 Å². The number of aromatic amines is 1. The van der Waals surface area contributed by atoms with Gasteiger partial charge in [0.15, 0.2) is 11.7 Å². The number of guanidine groups is 1. The van der Waals surface area contributed by atoms with Crippen LogP contribution in [-0.4, -0.2) is 46.9 Å². The third kappa shape index (κ3) is 7.52. The molecule has 10 heteroatoms. The van der Waals surface area contributed by atoms with Crippen LogP contribution in [0.1, 0.15) is 19.7 Å². The van der Waals surface area contributed by atoms with Crippen molar-refractivity contribution in [2.75, 3.05) is 19.6 Å². The molecular formula is C20H26ClIN6O2. The molecule has 3 aromatic rings. The van der Waals surface area contributed by atoms with Gasteiger partial charge < -0.3 is 19.8 Å². The first-order valence-corrected chi connectivity index (χ1v) is 9.91. The summed E-state index contributed by atoms with van der Waals surface area (Å²) in [4.78, 5) is 9.02. The number of benzene rings is 1. The van der Waals surface area contributed by atoms with Gasteiger partial charge in [-0.1, -0.05) is 11.6 Å². The van der Waals surface area contributed by atoms with Gasteiger partial charge in [-0.15, -0.1) is 24.0 Å². The zero-order valence-corrected chi connectivity index (χ0v) is 20.0. The van der Waals surface area contributed by atoms with E-state index in [1.165, 1.54) is 0 Å². The number of ether oxygens (including phenoxy) is 1. The number of halogens is 2. The van der Waals surface area contributed by atoms with Crippen LogP contribution in [0.2, 0.25) is 5.02 Å². The molecule has 1 aromatic carbocycles. The minimum absolute atomic E-state index is 0. The Kier molecular flexibility index (Phi) is 9.95. The van der Waals surface area contributed by atoms with E-state index < -0.39 is 0 Å². The minimum Gasteiger partial charge on any atom is -0.489 e. The molecule has 30 heavy (non-hydrogen) atoms. The highest BCUT2D eigenvalue weighted by Gasteiger charge is 2.09. The first kappa shape index (κ1) is 24.0. The lowest BCUT2D eigenvalue weighted by atomic mass is 10.3. The van der Waals surface area contributed by atoms with Crippen molar-refractivity contribution in [3.8, 4) is 17.3 Å². The molecule has 0 bridgehead atoms. The quantitative estimate of drug-likeness (QED) is 0.215. The summed E-state index contributed by atoms with van der Waals surface area (Å²) in [6, 6.07) is 10.9. The lowest BCUT2D eigenvalue weighted by molar-refractivity contribution is 0.230. The van der Waals surface area contributed by atoms with E-state index in [0.717, 1.165) is 24.1 Å². The van der Waals surface area contributed by atoms with Crippen LogP contribution < -0.4 is 15.4 Å². The van der Waals surface area contributed by atoms with Crippen LogP contribution in [0.15, 0.2) is 52.1 Å². The number of nitrogens with zero attached hydrogens (tertiary/aromatic N) is 3. The Hall–Kier alpha value is -2.27. The SMILES string of the molecule is CCNC(=NCC(C)Oc1ccc(Cl)cc1)NCCc1nc(-c2ccco2)n[nH]1.I. The molecule has 0 aliphatic heterocycles. The summed E-state index contributed by atoms with van der Waals surface area (Å²) < 4.78 is 11.2. The number of hydrogen-bond donors (Lipinski definition) is 3. The summed E-state index contributed by atoms with van der Waals surface area (Å²) in [5.41, 5.74) is 0. The molecule has 0 fully saturated rings. The maximum Gasteiger partial charge on any atom is 0.216 e. The Bertz CT molecular complexity index is 898. The number of furan rings is 1. The molecule has 2 heterocycles. The number of nitrogens with one attached hydrogen (secondary N) is 3. The Morgan fingerprint density at radius 2 is 2.07 bits per heavy atom. The number of aliphatic imine (C=N–C) groups is 1. The zero-order valence-electron chi connectivity index (χ0n) is 16.9. The van der Waals surface area contributed by atoms with E-state index in [0.29, 0.717) is 36.1 Å². The van der Waals surface area contributed by atoms with Gasteiger partial charge >= 0.3 is 0 Å². The summed E-state index contributed by atoms with van der Waals surface area (Å²) >= 11 is 5.90. The van der Waals surface area contributed by atoms with Crippen LogP contribution in [0.4, 0.5) is 0 Å². The van der Waals surface area contributed by atoms with Crippen molar-refractivity contribution in [2.45, 2.75) is 26.4 Å². The fraction of sp³-hybridized carbons (Fsp3) is 0.350. The number of rotatable bonds is 9. The van der Waals surface area contributed by atoms with Crippen molar-refractivity contribution in [1.82, 2.24) is 25.8 Å². The zero-order chi connectivity index (χ0) is 20.5. The van der Waals surface area contributed by atoms with Crippen LogP contribution in [0.25, 0.3) is 11.6 Å². The van der Waals surface area contributed by atoms with E-state index in [2.05, 4.69) is 30.8 Å². The highest BCUT2D eigenvalue weighted by Crippen LogP contribution is 2.17. The van der Waals surface area contributed by atoms with Gasteiger partial charge in [-0.05, 0) is 50.2 Å². The highest BCUT2D eigenvalue weighted by atomic mass is 127. The van der Waals surface area contributed by atoms with Crippen molar-refractivity contribution in [1.29, 1.82) is 0 Å². The molecule has 0 radical (unpaired) electrons. The van der Waals surface area contributed by atoms with Crippen LogP contribution in [0.5, 0.6) is 5.75 Å². The molecule has 3 N–H and O–H groups in total. The van der Waals surface area contributed by atoms with Gasteiger partial charge in [-0.25, -0.2) is 9.98 Å². The van der Waals surface area contributed by atoms with E-state index in [-0.39, 0.29) is 30.1 Å². The lowest BCUT2D eigenvalue weighted by Gasteiger charge is -2.15. The first-order valence-electron chi connectivity index (χ1n) is 9.53. The highest BCUT2D eigenvalue weighted by molar-refractivity contribution is 14.0. The normalized spacial score (nSPS) is 12.2. The lowest BCUT2D eigenvalue weighted by Crippen LogP contribution is -2.39. The van der Waals surface area contributed by atoms with Gasteiger partial charge in [-0.2, -0.15) is 5.10 Å². The topological polar surface area (TPSA) is 100 Å². The van der Waals surface area contributed by atoms with Gasteiger partial charge in [0.25, 0.3) is 0 Å². The molecule has 0 saturated carbocycles. The molecule has 0 aliphatic rings. The average molecular weight is 545 g/mol. The molecule has 0 spiro atoms. The summed E-state index contributed by atoms with van der Waals surface area (Å²) in [5, 5.41) is 14.3.